The maximum atomic E-state index is 12.7. The Labute approximate surface area is 167 Å². The van der Waals surface area contributed by atoms with Gasteiger partial charge in [-0.25, -0.2) is 4.79 Å². The molecule has 2 aliphatic rings. The number of rotatable bonds is 6. The third-order valence-electron chi connectivity index (χ3n) is 5.36. The predicted octanol–water partition coefficient (Wildman–Crippen LogP) is 3.48. The summed E-state index contributed by atoms with van der Waals surface area (Å²) in [4.78, 5) is 27.2. The lowest BCUT2D eigenvalue weighted by atomic mass is 9.94. The standard InChI is InChI=1S/C19H33NO5SSi/c1-18(2,3)25-17(23)14-13(11-21)26-16-12(15(22)20(14)16)9-10-24-27(7,8)19(4,5)6/h12,16,21H,9-11H2,1-8H3/t12-,16+/m0/s1. The average molecular weight is 416 g/mol. The third-order valence-corrected chi connectivity index (χ3v) is 11.3. The van der Waals surface area contributed by atoms with Crippen LogP contribution in [0.4, 0.5) is 0 Å². The van der Waals surface area contributed by atoms with Crippen molar-refractivity contribution in [3.05, 3.63) is 10.6 Å². The number of thioether (sulfide) groups is 1. The zero-order valence-corrected chi connectivity index (χ0v) is 19.5. The molecule has 0 aromatic heterocycles. The molecule has 2 atom stereocenters. The average Bonchev–Trinajstić information content (AvgIpc) is 2.84. The minimum Gasteiger partial charge on any atom is -0.455 e. The van der Waals surface area contributed by atoms with Gasteiger partial charge in [0.2, 0.25) is 5.91 Å². The summed E-state index contributed by atoms with van der Waals surface area (Å²) in [7, 11) is -1.85. The van der Waals surface area contributed by atoms with Crippen molar-refractivity contribution < 1.29 is 23.9 Å². The highest BCUT2D eigenvalue weighted by Crippen LogP contribution is 2.50. The molecule has 2 heterocycles. The molecular weight excluding hydrogens is 382 g/mol. The lowest BCUT2D eigenvalue weighted by Crippen LogP contribution is -2.58. The molecule has 8 heteroatoms. The number of amides is 1. The van der Waals surface area contributed by atoms with Gasteiger partial charge in [0.05, 0.1) is 17.9 Å². The maximum Gasteiger partial charge on any atom is 0.356 e. The Hall–Kier alpha value is -0.833. The van der Waals surface area contributed by atoms with Gasteiger partial charge in [-0.15, -0.1) is 0 Å². The normalized spacial score (nSPS) is 23.4. The van der Waals surface area contributed by atoms with E-state index in [0.29, 0.717) is 17.9 Å². The van der Waals surface area contributed by atoms with Gasteiger partial charge in [0.1, 0.15) is 11.3 Å². The number of esters is 1. The Balaban J connectivity index is 2.01. The highest BCUT2D eigenvalue weighted by Gasteiger charge is 2.56. The number of aliphatic hydroxyl groups is 1. The minimum absolute atomic E-state index is 0.0874. The number of β-lactam (4-membered cyclic amide) rings is 1. The Morgan fingerprint density at radius 3 is 2.30 bits per heavy atom. The summed E-state index contributed by atoms with van der Waals surface area (Å²) < 4.78 is 11.6. The lowest BCUT2D eigenvalue weighted by molar-refractivity contribution is -0.160. The van der Waals surface area contributed by atoms with Gasteiger partial charge in [-0.1, -0.05) is 32.5 Å². The number of carbonyl (C=O) groups is 2. The van der Waals surface area contributed by atoms with Crippen LogP contribution in [0.25, 0.3) is 0 Å². The van der Waals surface area contributed by atoms with Gasteiger partial charge < -0.3 is 14.3 Å². The molecule has 154 valence electrons. The topological polar surface area (TPSA) is 76.1 Å². The van der Waals surface area contributed by atoms with Crippen molar-refractivity contribution in [3.8, 4) is 0 Å². The zero-order valence-electron chi connectivity index (χ0n) is 17.7. The van der Waals surface area contributed by atoms with Crippen LogP contribution in [-0.2, 0) is 18.8 Å². The van der Waals surface area contributed by atoms with E-state index in [-0.39, 0.29) is 34.5 Å². The lowest BCUT2D eigenvalue weighted by Gasteiger charge is -2.43. The first-order valence-corrected chi connectivity index (χ1v) is 13.2. The van der Waals surface area contributed by atoms with E-state index >= 15 is 0 Å². The monoisotopic (exact) mass is 415 g/mol. The molecule has 0 bridgehead atoms. The molecule has 0 aromatic rings. The van der Waals surface area contributed by atoms with Crippen LogP contribution in [0.15, 0.2) is 10.6 Å². The fourth-order valence-corrected chi connectivity index (χ4v) is 5.26. The molecule has 1 fully saturated rings. The van der Waals surface area contributed by atoms with Crippen LogP contribution in [0, 0.1) is 5.92 Å². The van der Waals surface area contributed by atoms with E-state index in [0.717, 1.165) is 0 Å². The van der Waals surface area contributed by atoms with Crippen LogP contribution in [0.5, 0.6) is 0 Å². The summed E-state index contributed by atoms with van der Waals surface area (Å²) in [6.07, 6.45) is 0.625. The number of hydrogen-bond donors (Lipinski definition) is 1. The number of carbonyl (C=O) groups excluding carboxylic acids is 2. The van der Waals surface area contributed by atoms with Crippen molar-refractivity contribution in [3.63, 3.8) is 0 Å². The SMILES string of the molecule is CC(C)(C)OC(=O)C1=C(CO)S[C@@H]2[C@@H](CCO[Si](C)(C)C(C)(C)C)C(=O)N12. The van der Waals surface area contributed by atoms with Crippen LogP contribution >= 0.6 is 11.8 Å². The molecule has 0 unspecified atom stereocenters. The number of fused-ring (bicyclic) bond motifs is 1. The van der Waals surface area contributed by atoms with E-state index in [4.69, 9.17) is 9.16 Å². The zero-order chi connectivity index (χ0) is 20.8. The molecule has 6 nitrogen and oxygen atoms in total. The maximum absolute atomic E-state index is 12.7. The van der Waals surface area contributed by atoms with Gasteiger partial charge in [-0.05, 0) is 45.3 Å². The van der Waals surface area contributed by atoms with Gasteiger partial charge in [0, 0.05) is 11.5 Å². The summed E-state index contributed by atoms with van der Waals surface area (Å²) in [5.74, 6) is -0.831. The molecule has 0 spiro atoms. The molecule has 2 rings (SSSR count). The molecule has 0 saturated carbocycles. The van der Waals surface area contributed by atoms with E-state index in [1.807, 2.05) is 0 Å². The first-order valence-electron chi connectivity index (χ1n) is 9.40. The van der Waals surface area contributed by atoms with Crippen molar-refractivity contribution in [1.82, 2.24) is 4.90 Å². The molecule has 1 N–H and O–H groups in total. The Morgan fingerprint density at radius 1 is 1.22 bits per heavy atom. The Bertz CT molecular complexity index is 647. The molecule has 0 radical (unpaired) electrons. The molecule has 0 aromatic carbocycles. The van der Waals surface area contributed by atoms with E-state index in [9.17, 15) is 14.7 Å². The second-order valence-corrected chi connectivity index (χ2v) is 15.7. The number of ether oxygens (including phenoxy) is 1. The Morgan fingerprint density at radius 2 is 1.81 bits per heavy atom. The van der Waals surface area contributed by atoms with Gasteiger partial charge in [0.15, 0.2) is 8.32 Å². The molecule has 27 heavy (non-hydrogen) atoms. The summed E-state index contributed by atoms with van der Waals surface area (Å²) in [6.45, 7) is 16.6. The van der Waals surface area contributed by atoms with Crippen molar-refractivity contribution >= 4 is 32.0 Å². The minimum atomic E-state index is -1.85. The van der Waals surface area contributed by atoms with Crippen LogP contribution in [0.1, 0.15) is 48.0 Å². The van der Waals surface area contributed by atoms with Crippen molar-refractivity contribution in [2.24, 2.45) is 5.92 Å². The fraction of sp³-hybridized carbons (Fsp3) is 0.789. The molecule has 1 saturated heterocycles. The second-order valence-electron chi connectivity index (χ2n) is 9.65. The van der Waals surface area contributed by atoms with Crippen LogP contribution in [0.2, 0.25) is 18.1 Å². The fourth-order valence-electron chi connectivity index (χ4n) is 2.81. The predicted molar refractivity (Wildman–Crippen MR) is 109 cm³/mol. The van der Waals surface area contributed by atoms with Crippen LogP contribution in [0.3, 0.4) is 0 Å². The van der Waals surface area contributed by atoms with E-state index < -0.39 is 19.9 Å². The summed E-state index contributed by atoms with van der Waals surface area (Å²) in [5.41, 5.74) is -0.452. The molecule has 0 aliphatic carbocycles. The van der Waals surface area contributed by atoms with E-state index in [2.05, 4.69) is 33.9 Å². The van der Waals surface area contributed by atoms with Crippen molar-refractivity contribution in [2.45, 2.75) is 77.1 Å². The number of aliphatic hydroxyl groups excluding tert-OH is 1. The van der Waals surface area contributed by atoms with Gasteiger partial charge in [0.25, 0.3) is 0 Å². The van der Waals surface area contributed by atoms with Crippen LogP contribution in [-0.4, -0.2) is 54.4 Å². The third kappa shape index (κ3) is 4.60. The first kappa shape index (κ1) is 22.5. The molecular formula is C19H33NO5SSi. The highest BCUT2D eigenvalue weighted by atomic mass is 32.2. The number of hydrogen-bond acceptors (Lipinski definition) is 6. The molecule has 1 amide bonds. The van der Waals surface area contributed by atoms with Gasteiger partial charge >= 0.3 is 5.97 Å². The van der Waals surface area contributed by atoms with Gasteiger partial charge in [-0.3, -0.25) is 9.69 Å². The second kappa shape index (κ2) is 7.53. The van der Waals surface area contributed by atoms with E-state index in [1.165, 1.54) is 16.7 Å². The largest absolute Gasteiger partial charge is 0.455 e. The van der Waals surface area contributed by atoms with Crippen molar-refractivity contribution in [2.75, 3.05) is 13.2 Å². The van der Waals surface area contributed by atoms with Crippen molar-refractivity contribution in [1.29, 1.82) is 0 Å². The quantitative estimate of drug-likeness (QED) is 0.407. The van der Waals surface area contributed by atoms with E-state index in [1.54, 1.807) is 20.8 Å². The summed E-state index contributed by atoms with van der Waals surface area (Å²) in [6, 6.07) is 0. The van der Waals surface area contributed by atoms with Crippen LogP contribution < -0.4 is 0 Å². The number of nitrogens with zero attached hydrogens (tertiary/aromatic N) is 1. The van der Waals surface area contributed by atoms with Gasteiger partial charge in [-0.2, -0.15) is 0 Å². The smallest absolute Gasteiger partial charge is 0.356 e. The summed E-state index contributed by atoms with van der Waals surface area (Å²) in [5, 5.41) is 9.63. The highest BCUT2D eigenvalue weighted by molar-refractivity contribution is 8.04. The molecule has 2 aliphatic heterocycles. The first-order chi connectivity index (χ1) is 12.2. The summed E-state index contributed by atoms with van der Waals surface area (Å²) >= 11 is 1.39. The Kier molecular flexibility index (Phi) is 6.27.